The van der Waals surface area contributed by atoms with Gasteiger partial charge >= 0.3 is 0 Å². The number of benzene rings is 1. The molecular formula is C22H32. The predicted molar refractivity (Wildman–Crippen MR) is 94.0 cm³/mol. The average molecular weight is 296 g/mol. The third kappa shape index (κ3) is 2.02. The molecule has 3 aliphatic carbocycles. The Bertz CT molecular complexity index is 545. The molecule has 0 nitrogen and oxygen atoms in total. The van der Waals surface area contributed by atoms with Gasteiger partial charge in [0.15, 0.2) is 0 Å². The van der Waals surface area contributed by atoms with E-state index in [1.807, 2.05) is 0 Å². The molecule has 3 aliphatic rings. The summed E-state index contributed by atoms with van der Waals surface area (Å²) in [5, 5.41) is 0. The van der Waals surface area contributed by atoms with Crippen molar-refractivity contribution in [2.45, 2.75) is 71.6 Å². The molecule has 22 heavy (non-hydrogen) atoms. The van der Waals surface area contributed by atoms with E-state index in [-0.39, 0.29) is 0 Å². The van der Waals surface area contributed by atoms with Gasteiger partial charge in [0.05, 0.1) is 0 Å². The third-order valence-corrected chi connectivity index (χ3v) is 8.07. The first-order valence-electron chi connectivity index (χ1n) is 9.72. The predicted octanol–water partition coefficient (Wildman–Crippen LogP) is 6.21. The lowest BCUT2D eigenvalue weighted by molar-refractivity contribution is 0.0230. The standard InChI is InChI=1S/C22H32/c1-4-16-8-5-6-10-20(16)18-12-15(2)22(3)19(14-18)13-17-9-7-11-21(17)22/h5-6,8,10,15,17-19,21H,4,7,9,11-14H2,1-3H3/t15-,17?,18?,19+,21?,22+/m0/s1. The molecule has 3 unspecified atom stereocenters. The minimum atomic E-state index is 0.652. The SMILES string of the molecule is CCc1ccccc1C1C[C@H]2CC3CCCC3[C@]2(C)[C@@H](C)C1. The highest BCUT2D eigenvalue weighted by atomic mass is 14.6. The molecule has 3 saturated carbocycles. The monoisotopic (exact) mass is 296 g/mol. The number of rotatable bonds is 2. The highest BCUT2D eigenvalue weighted by Crippen LogP contribution is 2.66. The van der Waals surface area contributed by atoms with Crippen LogP contribution in [0.1, 0.15) is 76.3 Å². The fourth-order valence-electron chi connectivity index (χ4n) is 6.81. The Balaban J connectivity index is 1.63. The molecule has 120 valence electrons. The first-order chi connectivity index (χ1) is 10.6. The summed E-state index contributed by atoms with van der Waals surface area (Å²) in [6.07, 6.45) is 10.2. The van der Waals surface area contributed by atoms with Crippen LogP contribution in [0.25, 0.3) is 0 Å². The van der Waals surface area contributed by atoms with Crippen molar-refractivity contribution in [2.24, 2.45) is 29.1 Å². The van der Waals surface area contributed by atoms with Gasteiger partial charge in [0.25, 0.3) is 0 Å². The Morgan fingerprint density at radius 1 is 1.09 bits per heavy atom. The van der Waals surface area contributed by atoms with Crippen molar-refractivity contribution in [3.63, 3.8) is 0 Å². The average Bonchev–Trinajstić information content (AvgIpc) is 3.09. The second-order valence-corrected chi connectivity index (χ2v) is 8.72. The van der Waals surface area contributed by atoms with Crippen LogP contribution >= 0.6 is 0 Å². The van der Waals surface area contributed by atoms with E-state index in [0.717, 1.165) is 29.6 Å². The normalized spacial score (nSPS) is 43.9. The van der Waals surface area contributed by atoms with E-state index in [1.165, 1.54) is 44.9 Å². The van der Waals surface area contributed by atoms with Gasteiger partial charge in [0, 0.05) is 0 Å². The van der Waals surface area contributed by atoms with Crippen molar-refractivity contribution in [3.8, 4) is 0 Å². The first kappa shape index (κ1) is 14.8. The number of aryl methyl sites for hydroxylation is 1. The van der Waals surface area contributed by atoms with E-state index in [1.54, 1.807) is 11.1 Å². The fourth-order valence-corrected chi connectivity index (χ4v) is 6.81. The Morgan fingerprint density at radius 3 is 2.73 bits per heavy atom. The van der Waals surface area contributed by atoms with Gasteiger partial charge in [0.2, 0.25) is 0 Å². The zero-order chi connectivity index (χ0) is 15.3. The molecule has 0 saturated heterocycles. The molecule has 0 N–H and O–H groups in total. The molecule has 0 aromatic heterocycles. The minimum Gasteiger partial charge on any atom is -0.0620 e. The van der Waals surface area contributed by atoms with Crippen molar-refractivity contribution in [3.05, 3.63) is 35.4 Å². The highest BCUT2D eigenvalue weighted by molar-refractivity contribution is 5.31. The van der Waals surface area contributed by atoms with E-state index in [2.05, 4.69) is 45.0 Å². The molecule has 0 aliphatic heterocycles. The van der Waals surface area contributed by atoms with Crippen LogP contribution in [0.2, 0.25) is 0 Å². The van der Waals surface area contributed by atoms with Crippen molar-refractivity contribution in [1.29, 1.82) is 0 Å². The van der Waals surface area contributed by atoms with Crippen LogP contribution in [0.4, 0.5) is 0 Å². The van der Waals surface area contributed by atoms with Crippen LogP contribution in [0.5, 0.6) is 0 Å². The molecule has 0 radical (unpaired) electrons. The molecule has 1 aromatic carbocycles. The van der Waals surface area contributed by atoms with Gasteiger partial charge in [-0.1, -0.05) is 57.9 Å². The Labute approximate surface area is 136 Å². The van der Waals surface area contributed by atoms with Gasteiger partial charge in [-0.2, -0.15) is 0 Å². The summed E-state index contributed by atoms with van der Waals surface area (Å²) < 4.78 is 0. The largest absolute Gasteiger partial charge is 0.0620 e. The minimum absolute atomic E-state index is 0.652. The summed E-state index contributed by atoms with van der Waals surface area (Å²) in [6, 6.07) is 9.26. The van der Waals surface area contributed by atoms with Gasteiger partial charge in [-0.3, -0.25) is 0 Å². The number of hydrogen-bond donors (Lipinski definition) is 0. The summed E-state index contributed by atoms with van der Waals surface area (Å²) >= 11 is 0. The molecule has 0 heteroatoms. The van der Waals surface area contributed by atoms with Crippen LogP contribution in [-0.4, -0.2) is 0 Å². The van der Waals surface area contributed by atoms with Gasteiger partial charge in [-0.25, -0.2) is 0 Å². The Kier molecular flexibility index (Phi) is 3.62. The Hall–Kier alpha value is -0.780. The van der Waals surface area contributed by atoms with E-state index >= 15 is 0 Å². The fraction of sp³-hybridized carbons (Fsp3) is 0.727. The lowest BCUT2D eigenvalue weighted by atomic mass is 9.56. The number of fused-ring (bicyclic) bond motifs is 3. The van der Waals surface area contributed by atoms with Crippen molar-refractivity contribution in [2.75, 3.05) is 0 Å². The molecule has 0 amide bonds. The van der Waals surface area contributed by atoms with Gasteiger partial charge in [-0.05, 0) is 78.2 Å². The maximum Gasteiger partial charge on any atom is -0.0154 e. The van der Waals surface area contributed by atoms with E-state index < -0.39 is 0 Å². The van der Waals surface area contributed by atoms with Crippen molar-refractivity contribution >= 4 is 0 Å². The van der Waals surface area contributed by atoms with Crippen LogP contribution in [-0.2, 0) is 6.42 Å². The molecular weight excluding hydrogens is 264 g/mol. The van der Waals surface area contributed by atoms with E-state index in [4.69, 9.17) is 0 Å². The van der Waals surface area contributed by atoms with Crippen LogP contribution in [0.15, 0.2) is 24.3 Å². The molecule has 6 atom stereocenters. The smallest absolute Gasteiger partial charge is 0.0154 e. The van der Waals surface area contributed by atoms with Crippen LogP contribution in [0.3, 0.4) is 0 Å². The van der Waals surface area contributed by atoms with Crippen LogP contribution < -0.4 is 0 Å². The zero-order valence-corrected chi connectivity index (χ0v) is 14.6. The first-order valence-corrected chi connectivity index (χ1v) is 9.72. The van der Waals surface area contributed by atoms with E-state index in [9.17, 15) is 0 Å². The summed E-state index contributed by atoms with van der Waals surface area (Å²) in [4.78, 5) is 0. The summed E-state index contributed by atoms with van der Waals surface area (Å²) in [7, 11) is 0. The summed E-state index contributed by atoms with van der Waals surface area (Å²) in [6.45, 7) is 7.56. The molecule has 0 heterocycles. The lowest BCUT2D eigenvalue weighted by Gasteiger charge is -2.49. The van der Waals surface area contributed by atoms with Gasteiger partial charge < -0.3 is 0 Å². The summed E-state index contributed by atoms with van der Waals surface area (Å²) in [5.41, 5.74) is 3.93. The van der Waals surface area contributed by atoms with Crippen LogP contribution in [0, 0.1) is 29.1 Å². The highest BCUT2D eigenvalue weighted by Gasteiger charge is 2.57. The van der Waals surface area contributed by atoms with Crippen molar-refractivity contribution in [1.82, 2.24) is 0 Å². The maximum atomic E-state index is 2.67. The van der Waals surface area contributed by atoms with Crippen molar-refractivity contribution < 1.29 is 0 Å². The quantitative estimate of drug-likeness (QED) is 0.609. The maximum absolute atomic E-state index is 2.67. The molecule has 0 spiro atoms. The zero-order valence-electron chi connectivity index (χ0n) is 14.6. The second-order valence-electron chi connectivity index (χ2n) is 8.72. The summed E-state index contributed by atoms with van der Waals surface area (Å²) in [5.74, 6) is 4.83. The second kappa shape index (κ2) is 5.39. The molecule has 3 fully saturated rings. The molecule has 4 rings (SSSR count). The van der Waals surface area contributed by atoms with Gasteiger partial charge in [-0.15, -0.1) is 0 Å². The molecule has 0 bridgehead atoms. The molecule has 1 aromatic rings. The topological polar surface area (TPSA) is 0 Å². The van der Waals surface area contributed by atoms with Gasteiger partial charge in [0.1, 0.15) is 0 Å². The Morgan fingerprint density at radius 2 is 1.91 bits per heavy atom. The third-order valence-electron chi connectivity index (χ3n) is 8.07. The van der Waals surface area contributed by atoms with E-state index in [0.29, 0.717) is 5.41 Å². The lowest BCUT2D eigenvalue weighted by Crippen LogP contribution is -2.41. The number of hydrogen-bond acceptors (Lipinski definition) is 0.